The van der Waals surface area contributed by atoms with Crippen LogP contribution >= 0.6 is 0 Å². The molecule has 2 aromatic heterocycles. The largest absolute Gasteiger partial charge is 0.465 e. The molecule has 2 aromatic carbocycles. The number of hydrazone groups is 1. The van der Waals surface area contributed by atoms with Gasteiger partial charge in [0.05, 0.1) is 18.2 Å². The van der Waals surface area contributed by atoms with Crippen LogP contribution in [0.5, 0.6) is 5.75 Å². The predicted molar refractivity (Wildman–Crippen MR) is 127 cm³/mol. The van der Waals surface area contributed by atoms with Gasteiger partial charge in [-0.15, -0.1) is 0 Å². The first kappa shape index (κ1) is 21.5. The molecule has 0 amide bonds. The van der Waals surface area contributed by atoms with Crippen LogP contribution in [0, 0.1) is 0 Å². The van der Waals surface area contributed by atoms with Gasteiger partial charge in [0.15, 0.2) is 5.84 Å². The van der Waals surface area contributed by atoms with Crippen LogP contribution in [0.4, 0.5) is 5.69 Å². The molecule has 7 nitrogen and oxygen atoms in total. The lowest BCUT2D eigenvalue weighted by Crippen LogP contribution is -2.20. The average Bonchev–Trinajstić information content (AvgIpc) is 3.38. The Bertz CT molecular complexity index is 1250. The second-order valence-corrected chi connectivity index (χ2v) is 6.72. The Morgan fingerprint density at radius 2 is 1.76 bits per heavy atom. The van der Waals surface area contributed by atoms with E-state index in [1.165, 1.54) is 12.3 Å². The first-order valence-electron chi connectivity index (χ1n) is 10.1. The van der Waals surface area contributed by atoms with E-state index < -0.39 is 5.97 Å². The van der Waals surface area contributed by atoms with Crippen LogP contribution in [0.15, 0.2) is 118 Å². The lowest BCUT2D eigenvalue weighted by molar-refractivity contribution is -0.128. The maximum absolute atomic E-state index is 11.9. The number of para-hydroxylation sites is 1. The summed E-state index contributed by atoms with van der Waals surface area (Å²) in [6.07, 6.45) is 7.73. The van der Waals surface area contributed by atoms with Crippen LogP contribution in [0.3, 0.4) is 0 Å². The molecule has 0 atom stereocenters. The van der Waals surface area contributed by atoms with Crippen molar-refractivity contribution in [1.29, 1.82) is 0 Å². The molecule has 0 unspecified atom stereocenters. The number of amidine groups is 1. The second-order valence-electron chi connectivity index (χ2n) is 6.72. The molecular formula is C26H20N4O3. The Morgan fingerprint density at radius 1 is 0.939 bits per heavy atom. The predicted octanol–water partition coefficient (Wildman–Crippen LogP) is 5.00. The summed E-state index contributed by atoms with van der Waals surface area (Å²) in [4.78, 5) is 20.9. The van der Waals surface area contributed by atoms with Gasteiger partial charge in [0.1, 0.15) is 17.2 Å². The smallest absolute Gasteiger partial charge is 0.336 e. The molecule has 0 saturated heterocycles. The standard InChI is InChI=1S/C26H20N4O3/c31-25(16-15-22-9-6-18-32-22)33-23-13-11-20(12-14-23)19-28-30-26(24-10-4-5-17-27-24)29-21-7-2-1-3-8-21/h1-19H,(H,29,30)/b16-15-,28-19+. The SMILES string of the molecule is O=C(/C=C\c1ccco1)Oc1ccc(/C=N/NC(=Nc2ccccc2)c2ccccn2)cc1. The number of nitrogens with one attached hydrogen (secondary N) is 1. The minimum atomic E-state index is -0.494. The summed E-state index contributed by atoms with van der Waals surface area (Å²) >= 11 is 0. The van der Waals surface area contributed by atoms with Gasteiger partial charge in [0, 0.05) is 12.3 Å². The number of furan rings is 1. The van der Waals surface area contributed by atoms with Gasteiger partial charge in [-0.3, -0.25) is 10.4 Å². The molecular weight excluding hydrogens is 416 g/mol. The van der Waals surface area contributed by atoms with Crippen LogP contribution in [0.1, 0.15) is 17.0 Å². The summed E-state index contributed by atoms with van der Waals surface area (Å²) in [5.41, 5.74) is 5.23. The van der Waals surface area contributed by atoms with E-state index >= 15 is 0 Å². The number of hydrogen-bond donors (Lipinski definition) is 1. The lowest BCUT2D eigenvalue weighted by atomic mass is 10.2. The Labute approximate surface area is 190 Å². The van der Waals surface area contributed by atoms with Gasteiger partial charge in [-0.05, 0) is 72.3 Å². The number of benzene rings is 2. The minimum absolute atomic E-state index is 0.425. The van der Waals surface area contributed by atoms with Gasteiger partial charge in [-0.25, -0.2) is 9.79 Å². The van der Waals surface area contributed by atoms with E-state index in [9.17, 15) is 4.79 Å². The molecule has 0 radical (unpaired) electrons. The van der Waals surface area contributed by atoms with Gasteiger partial charge in [-0.1, -0.05) is 24.3 Å². The summed E-state index contributed by atoms with van der Waals surface area (Å²) in [7, 11) is 0. The van der Waals surface area contributed by atoms with Crippen molar-refractivity contribution in [3.05, 3.63) is 120 Å². The number of pyridine rings is 1. The van der Waals surface area contributed by atoms with E-state index in [1.54, 1.807) is 54.9 Å². The third-order valence-electron chi connectivity index (χ3n) is 4.31. The van der Waals surface area contributed by atoms with Crippen molar-refractivity contribution in [3.63, 3.8) is 0 Å². The molecule has 2 heterocycles. The molecule has 0 aliphatic rings. The maximum Gasteiger partial charge on any atom is 0.336 e. The van der Waals surface area contributed by atoms with Crippen molar-refractivity contribution >= 4 is 29.8 Å². The summed E-state index contributed by atoms with van der Waals surface area (Å²) in [6, 6.07) is 25.6. The maximum atomic E-state index is 11.9. The number of ether oxygens (including phenoxy) is 1. The van der Waals surface area contributed by atoms with Gasteiger partial charge >= 0.3 is 5.97 Å². The molecule has 0 fully saturated rings. The zero-order valence-corrected chi connectivity index (χ0v) is 17.5. The summed E-state index contributed by atoms with van der Waals surface area (Å²) < 4.78 is 10.4. The van der Waals surface area contributed by atoms with Crippen molar-refractivity contribution in [2.45, 2.75) is 0 Å². The Balaban J connectivity index is 1.39. The van der Waals surface area contributed by atoms with E-state index in [-0.39, 0.29) is 0 Å². The normalized spacial score (nSPS) is 11.7. The lowest BCUT2D eigenvalue weighted by Gasteiger charge is -2.05. The molecule has 4 rings (SSSR count). The quantitative estimate of drug-likeness (QED) is 0.110. The highest BCUT2D eigenvalue weighted by Crippen LogP contribution is 2.13. The van der Waals surface area contributed by atoms with Crippen LogP contribution in [-0.4, -0.2) is 23.0 Å². The average molecular weight is 436 g/mol. The van der Waals surface area contributed by atoms with Gasteiger partial charge < -0.3 is 9.15 Å². The molecule has 33 heavy (non-hydrogen) atoms. The van der Waals surface area contributed by atoms with Gasteiger partial charge in [-0.2, -0.15) is 5.10 Å². The number of aliphatic imine (C=N–C) groups is 1. The van der Waals surface area contributed by atoms with E-state index in [2.05, 4.69) is 20.5 Å². The van der Waals surface area contributed by atoms with Gasteiger partial charge in [0.25, 0.3) is 0 Å². The fourth-order valence-electron chi connectivity index (χ4n) is 2.75. The number of carbonyl (C=O) groups excluding carboxylic acids is 1. The topological polar surface area (TPSA) is 89.1 Å². The number of nitrogens with zero attached hydrogens (tertiary/aromatic N) is 3. The highest BCUT2D eigenvalue weighted by molar-refractivity contribution is 5.99. The van der Waals surface area contributed by atoms with E-state index in [0.717, 1.165) is 11.3 Å². The second kappa shape index (κ2) is 11.0. The molecule has 0 spiro atoms. The summed E-state index contributed by atoms with van der Waals surface area (Å²) in [5.74, 6) is 1.03. The molecule has 7 heteroatoms. The van der Waals surface area contributed by atoms with Crippen LogP contribution in [0.2, 0.25) is 0 Å². The monoisotopic (exact) mass is 436 g/mol. The van der Waals surface area contributed by atoms with Crippen LogP contribution in [-0.2, 0) is 4.79 Å². The van der Waals surface area contributed by atoms with Gasteiger partial charge in [0.2, 0.25) is 0 Å². The fourth-order valence-corrected chi connectivity index (χ4v) is 2.75. The summed E-state index contributed by atoms with van der Waals surface area (Å²) in [5, 5.41) is 4.29. The van der Waals surface area contributed by atoms with Crippen molar-refractivity contribution in [3.8, 4) is 5.75 Å². The molecule has 4 aromatic rings. The molecule has 0 saturated carbocycles. The van der Waals surface area contributed by atoms with E-state index in [4.69, 9.17) is 9.15 Å². The first-order chi connectivity index (χ1) is 16.3. The minimum Gasteiger partial charge on any atom is -0.465 e. The van der Waals surface area contributed by atoms with Crippen molar-refractivity contribution in [2.75, 3.05) is 0 Å². The van der Waals surface area contributed by atoms with Crippen molar-refractivity contribution in [1.82, 2.24) is 10.4 Å². The molecule has 1 N–H and O–H groups in total. The third kappa shape index (κ3) is 6.60. The Kier molecular flexibility index (Phi) is 7.16. The van der Waals surface area contributed by atoms with E-state index in [0.29, 0.717) is 23.0 Å². The first-order valence-corrected chi connectivity index (χ1v) is 10.1. The highest BCUT2D eigenvalue weighted by atomic mass is 16.5. The number of carbonyl (C=O) groups is 1. The van der Waals surface area contributed by atoms with Crippen LogP contribution in [0.25, 0.3) is 6.08 Å². The highest BCUT2D eigenvalue weighted by Gasteiger charge is 2.04. The molecule has 0 aliphatic heterocycles. The zero-order chi connectivity index (χ0) is 22.7. The number of hydrogen-bond acceptors (Lipinski definition) is 6. The number of rotatable bonds is 7. The zero-order valence-electron chi connectivity index (χ0n) is 17.5. The number of aromatic nitrogens is 1. The van der Waals surface area contributed by atoms with Crippen molar-refractivity contribution < 1.29 is 13.9 Å². The fraction of sp³-hybridized carbons (Fsp3) is 0. The molecule has 0 bridgehead atoms. The van der Waals surface area contributed by atoms with E-state index in [1.807, 2.05) is 48.5 Å². The third-order valence-corrected chi connectivity index (χ3v) is 4.31. The summed E-state index contributed by atoms with van der Waals surface area (Å²) in [6.45, 7) is 0. The molecule has 162 valence electrons. The Morgan fingerprint density at radius 3 is 2.48 bits per heavy atom. The molecule has 0 aliphatic carbocycles. The number of esters is 1. The Hall–Kier alpha value is -4.78. The van der Waals surface area contributed by atoms with Crippen molar-refractivity contribution in [2.24, 2.45) is 10.1 Å². The van der Waals surface area contributed by atoms with Crippen LogP contribution < -0.4 is 10.2 Å².